The maximum absolute atomic E-state index is 8.88. The maximum atomic E-state index is 8.88. The second kappa shape index (κ2) is 5.53. The van der Waals surface area contributed by atoms with Crippen molar-refractivity contribution in [1.29, 1.82) is 5.26 Å². The van der Waals surface area contributed by atoms with Crippen LogP contribution in [0, 0.1) is 18.3 Å². The predicted molar refractivity (Wildman–Crippen MR) is 62.4 cm³/mol. The van der Waals surface area contributed by atoms with Crippen LogP contribution in [0.1, 0.15) is 37.4 Å². The molecule has 2 heteroatoms. The predicted octanol–water partition coefficient (Wildman–Crippen LogP) is 2.95. The highest BCUT2D eigenvalue weighted by atomic mass is 14.9. The van der Waals surface area contributed by atoms with Crippen molar-refractivity contribution in [2.45, 2.75) is 39.3 Å². The third kappa shape index (κ3) is 3.07. The van der Waals surface area contributed by atoms with Gasteiger partial charge in [0, 0.05) is 6.04 Å². The summed E-state index contributed by atoms with van der Waals surface area (Å²) in [5.74, 6) is 0. The summed E-state index contributed by atoms with van der Waals surface area (Å²) in [4.78, 5) is 0. The zero-order valence-electron chi connectivity index (χ0n) is 9.62. The van der Waals surface area contributed by atoms with Crippen molar-refractivity contribution in [2.24, 2.45) is 0 Å². The Balaban J connectivity index is 2.73. The summed E-state index contributed by atoms with van der Waals surface area (Å²) in [6.45, 7) is 6.22. The van der Waals surface area contributed by atoms with Crippen molar-refractivity contribution in [2.75, 3.05) is 0 Å². The van der Waals surface area contributed by atoms with Crippen LogP contribution in [0.3, 0.4) is 0 Å². The van der Waals surface area contributed by atoms with Crippen molar-refractivity contribution in [1.82, 2.24) is 5.32 Å². The Hall–Kier alpha value is -1.33. The first-order valence-electron chi connectivity index (χ1n) is 5.40. The fourth-order valence-electron chi connectivity index (χ4n) is 1.71. The van der Waals surface area contributed by atoms with Crippen LogP contribution < -0.4 is 5.32 Å². The van der Waals surface area contributed by atoms with Crippen LogP contribution in [0.4, 0.5) is 0 Å². The average Bonchev–Trinajstić information content (AvgIpc) is 2.26. The Bertz CT molecular complexity index is 352. The molecule has 1 aromatic rings. The molecule has 0 bridgehead atoms. The Kier molecular flexibility index (Phi) is 4.33. The second-order valence-electron chi connectivity index (χ2n) is 3.83. The lowest BCUT2D eigenvalue weighted by Crippen LogP contribution is -2.29. The number of nitrogens with zero attached hydrogens (tertiary/aromatic N) is 1. The first kappa shape index (κ1) is 11.7. The first-order valence-corrected chi connectivity index (χ1v) is 5.40. The van der Waals surface area contributed by atoms with Gasteiger partial charge in [0.05, 0.1) is 12.1 Å². The smallest absolute Gasteiger partial charge is 0.0954 e. The van der Waals surface area contributed by atoms with Crippen LogP contribution in [-0.2, 0) is 0 Å². The molecule has 0 heterocycles. The molecular weight excluding hydrogens is 184 g/mol. The largest absolute Gasteiger partial charge is 0.295 e. The third-order valence-electron chi connectivity index (χ3n) is 2.67. The van der Waals surface area contributed by atoms with Gasteiger partial charge in [-0.15, -0.1) is 0 Å². The van der Waals surface area contributed by atoms with E-state index in [9.17, 15) is 0 Å². The fourth-order valence-corrected chi connectivity index (χ4v) is 1.71. The summed E-state index contributed by atoms with van der Waals surface area (Å²) in [6.07, 6.45) is 0.840. The Morgan fingerprint density at radius 3 is 2.60 bits per heavy atom. The molecule has 0 aliphatic heterocycles. The molecule has 0 aliphatic carbocycles. The van der Waals surface area contributed by atoms with Crippen molar-refractivity contribution >= 4 is 0 Å². The van der Waals surface area contributed by atoms with Crippen LogP contribution in [0.2, 0.25) is 0 Å². The van der Waals surface area contributed by atoms with Gasteiger partial charge in [0.2, 0.25) is 0 Å². The SMILES string of the molecule is CCC(C#N)N[C@@H](C)c1ccccc1C. The van der Waals surface area contributed by atoms with Crippen LogP contribution >= 0.6 is 0 Å². The van der Waals surface area contributed by atoms with Crippen molar-refractivity contribution in [3.05, 3.63) is 35.4 Å². The molecule has 2 nitrogen and oxygen atoms in total. The number of benzene rings is 1. The quantitative estimate of drug-likeness (QED) is 0.814. The van der Waals surface area contributed by atoms with E-state index in [4.69, 9.17) is 5.26 Å². The van der Waals surface area contributed by atoms with E-state index in [-0.39, 0.29) is 12.1 Å². The van der Waals surface area contributed by atoms with Gasteiger partial charge in [-0.05, 0) is 31.4 Å². The monoisotopic (exact) mass is 202 g/mol. The molecule has 0 saturated carbocycles. The van der Waals surface area contributed by atoms with Gasteiger partial charge in [0.25, 0.3) is 0 Å². The van der Waals surface area contributed by atoms with E-state index in [2.05, 4.69) is 37.4 Å². The summed E-state index contributed by atoms with van der Waals surface area (Å²) in [5.41, 5.74) is 2.54. The lowest BCUT2D eigenvalue weighted by molar-refractivity contribution is 0.507. The molecule has 1 rings (SSSR count). The van der Waals surface area contributed by atoms with E-state index >= 15 is 0 Å². The second-order valence-corrected chi connectivity index (χ2v) is 3.83. The standard InChI is InChI=1S/C13H18N2/c1-4-12(9-14)15-11(3)13-8-6-5-7-10(13)2/h5-8,11-12,15H,4H2,1-3H3/t11-,12?/m0/s1. The molecule has 0 radical (unpaired) electrons. The number of hydrogen-bond donors (Lipinski definition) is 1. The molecule has 0 fully saturated rings. The molecule has 1 aromatic carbocycles. The van der Waals surface area contributed by atoms with Crippen LogP contribution in [0.5, 0.6) is 0 Å². The van der Waals surface area contributed by atoms with Crippen molar-refractivity contribution in [3.63, 3.8) is 0 Å². The summed E-state index contributed by atoms with van der Waals surface area (Å²) in [6, 6.07) is 10.7. The number of rotatable bonds is 4. The molecule has 15 heavy (non-hydrogen) atoms. The van der Waals surface area contributed by atoms with E-state index in [1.807, 2.05) is 19.1 Å². The molecule has 2 atom stereocenters. The Morgan fingerprint density at radius 2 is 2.07 bits per heavy atom. The van der Waals surface area contributed by atoms with E-state index in [0.29, 0.717) is 0 Å². The zero-order valence-corrected chi connectivity index (χ0v) is 9.62. The van der Waals surface area contributed by atoms with E-state index in [1.165, 1.54) is 11.1 Å². The van der Waals surface area contributed by atoms with Gasteiger partial charge in [-0.25, -0.2) is 0 Å². The molecule has 0 amide bonds. The summed E-state index contributed by atoms with van der Waals surface area (Å²) in [5, 5.41) is 12.2. The van der Waals surface area contributed by atoms with Gasteiger partial charge in [0.1, 0.15) is 0 Å². The Morgan fingerprint density at radius 1 is 1.40 bits per heavy atom. The highest BCUT2D eigenvalue weighted by Crippen LogP contribution is 2.17. The van der Waals surface area contributed by atoms with Crippen molar-refractivity contribution in [3.8, 4) is 6.07 Å². The number of nitrogens with one attached hydrogen (secondary N) is 1. The molecule has 1 unspecified atom stereocenters. The lowest BCUT2D eigenvalue weighted by Gasteiger charge is -2.19. The average molecular weight is 202 g/mol. The normalized spacial score (nSPS) is 14.3. The maximum Gasteiger partial charge on any atom is 0.0954 e. The summed E-state index contributed by atoms with van der Waals surface area (Å²) >= 11 is 0. The lowest BCUT2D eigenvalue weighted by atomic mass is 10.0. The van der Waals surface area contributed by atoms with Gasteiger partial charge in [-0.1, -0.05) is 31.2 Å². The number of aryl methyl sites for hydroxylation is 1. The molecule has 0 saturated heterocycles. The van der Waals surface area contributed by atoms with Gasteiger partial charge in [-0.3, -0.25) is 5.32 Å². The van der Waals surface area contributed by atoms with E-state index in [1.54, 1.807) is 0 Å². The molecule has 0 aromatic heterocycles. The van der Waals surface area contributed by atoms with E-state index < -0.39 is 0 Å². The van der Waals surface area contributed by atoms with Crippen LogP contribution in [-0.4, -0.2) is 6.04 Å². The zero-order chi connectivity index (χ0) is 11.3. The highest BCUT2D eigenvalue weighted by Gasteiger charge is 2.11. The van der Waals surface area contributed by atoms with Crippen molar-refractivity contribution < 1.29 is 0 Å². The summed E-state index contributed by atoms with van der Waals surface area (Å²) in [7, 11) is 0. The molecule has 0 aliphatic rings. The third-order valence-corrected chi connectivity index (χ3v) is 2.67. The van der Waals surface area contributed by atoms with Gasteiger partial charge >= 0.3 is 0 Å². The molecular formula is C13H18N2. The van der Waals surface area contributed by atoms with E-state index in [0.717, 1.165) is 6.42 Å². The minimum Gasteiger partial charge on any atom is -0.295 e. The first-order chi connectivity index (χ1) is 7.19. The fraction of sp³-hybridized carbons (Fsp3) is 0.462. The van der Waals surface area contributed by atoms with Crippen LogP contribution in [0.25, 0.3) is 0 Å². The van der Waals surface area contributed by atoms with Gasteiger partial charge in [0.15, 0.2) is 0 Å². The molecule has 1 N–H and O–H groups in total. The number of nitriles is 1. The van der Waals surface area contributed by atoms with Gasteiger partial charge < -0.3 is 0 Å². The Labute approximate surface area is 91.9 Å². The summed E-state index contributed by atoms with van der Waals surface area (Å²) < 4.78 is 0. The van der Waals surface area contributed by atoms with Gasteiger partial charge in [-0.2, -0.15) is 5.26 Å². The topological polar surface area (TPSA) is 35.8 Å². The van der Waals surface area contributed by atoms with Crippen LogP contribution in [0.15, 0.2) is 24.3 Å². The highest BCUT2D eigenvalue weighted by molar-refractivity contribution is 5.28. The number of hydrogen-bond acceptors (Lipinski definition) is 2. The molecule has 0 spiro atoms. The molecule has 80 valence electrons. The minimum atomic E-state index is -0.0559. The minimum absolute atomic E-state index is 0.0559.